The fourth-order valence-corrected chi connectivity index (χ4v) is 4.22. The summed E-state index contributed by atoms with van der Waals surface area (Å²) in [5.74, 6) is 1.30. The highest BCUT2D eigenvalue weighted by molar-refractivity contribution is 5.85. The van der Waals surface area contributed by atoms with Crippen molar-refractivity contribution in [3.05, 3.63) is 35.0 Å². The molecule has 2 aliphatic rings. The molecule has 2 fully saturated rings. The molecular weight excluding hydrogens is 366 g/mol. The van der Waals surface area contributed by atoms with Crippen LogP contribution in [0.4, 0.5) is 4.79 Å². The van der Waals surface area contributed by atoms with Crippen molar-refractivity contribution in [1.29, 1.82) is 0 Å². The van der Waals surface area contributed by atoms with Gasteiger partial charge in [-0.05, 0) is 76.1 Å². The van der Waals surface area contributed by atoms with E-state index in [2.05, 4.69) is 48.4 Å². The van der Waals surface area contributed by atoms with Crippen LogP contribution >= 0.6 is 0 Å². The number of fused-ring (bicyclic) bond motifs is 1. The first kappa shape index (κ1) is 20.0. The van der Waals surface area contributed by atoms with Crippen LogP contribution in [0.5, 0.6) is 0 Å². The standard InChI is InChI=1S/C23H31N3O3/c1-25(2)15-20-18(7-5-16-3-4-16)8-9-19-21(24-29-22(19)20)10-6-17-11-13-26(14-12-17)23(27)28/h5,7-9,16-17H,3-4,6,10-15H2,1-2H3,(H,27,28). The van der Waals surface area contributed by atoms with Gasteiger partial charge in [0.25, 0.3) is 0 Å². The number of benzene rings is 1. The van der Waals surface area contributed by atoms with Crippen molar-refractivity contribution in [2.24, 2.45) is 11.8 Å². The second-order valence-corrected chi connectivity index (χ2v) is 8.83. The van der Waals surface area contributed by atoms with Crippen molar-refractivity contribution in [3.8, 4) is 0 Å². The maximum Gasteiger partial charge on any atom is 0.407 e. The van der Waals surface area contributed by atoms with Gasteiger partial charge in [0.15, 0.2) is 5.58 Å². The van der Waals surface area contributed by atoms with Crippen LogP contribution in [0.25, 0.3) is 17.0 Å². The molecule has 0 bridgehead atoms. The Hall–Kier alpha value is -2.34. The van der Waals surface area contributed by atoms with Crippen molar-refractivity contribution in [1.82, 2.24) is 15.0 Å². The average Bonchev–Trinajstić information content (AvgIpc) is 3.44. The molecule has 1 aliphatic heterocycles. The van der Waals surface area contributed by atoms with Gasteiger partial charge in [0.05, 0.1) is 5.69 Å². The van der Waals surface area contributed by atoms with E-state index in [-0.39, 0.29) is 0 Å². The summed E-state index contributed by atoms with van der Waals surface area (Å²) in [5, 5.41) is 14.6. The minimum atomic E-state index is -0.800. The van der Waals surface area contributed by atoms with E-state index in [0.29, 0.717) is 19.0 Å². The topological polar surface area (TPSA) is 69.8 Å². The maximum atomic E-state index is 11.1. The van der Waals surface area contributed by atoms with Crippen LogP contribution in [0.2, 0.25) is 0 Å². The molecule has 1 aromatic heterocycles. The van der Waals surface area contributed by atoms with Crippen LogP contribution in [-0.4, -0.2) is 53.3 Å². The van der Waals surface area contributed by atoms with Crippen molar-refractivity contribution >= 4 is 23.1 Å². The number of hydrogen-bond donors (Lipinski definition) is 1. The predicted molar refractivity (Wildman–Crippen MR) is 114 cm³/mol. The Balaban J connectivity index is 1.48. The summed E-state index contributed by atoms with van der Waals surface area (Å²) in [5.41, 5.74) is 4.37. The number of aryl methyl sites for hydroxylation is 1. The Morgan fingerprint density at radius 3 is 2.69 bits per heavy atom. The molecule has 0 spiro atoms. The molecule has 0 atom stereocenters. The Morgan fingerprint density at radius 1 is 1.28 bits per heavy atom. The molecule has 1 amide bonds. The zero-order valence-electron chi connectivity index (χ0n) is 17.4. The van der Waals surface area contributed by atoms with Crippen LogP contribution in [0, 0.1) is 11.8 Å². The molecule has 1 saturated heterocycles. The predicted octanol–water partition coefficient (Wildman–Crippen LogP) is 4.64. The van der Waals surface area contributed by atoms with E-state index >= 15 is 0 Å². The molecule has 1 aromatic carbocycles. The van der Waals surface area contributed by atoms with Gasteiger partial charge in [0.1, 0.15) is 0 Å². The quantitative estimate of drug-likeness (QED) is 0.737. The number of carbonyl (C=O) groups is 1. The molecule has 6 heteroatoms. The Morgan fingerprint density at radius 2 is 2.03 bits per heavy atom. The maximum absolute atomic E-state index is 11.1. The molecule has 4 rings (SSSR count). The fourth-order valence-electron chi connectivity index (χ4n) is 4.22. The fraction of sp³-hybridized carbons (Fsp3) is 0.565. The van der Waals surface area contributed by atoms with Crippen LogP contribution in [0.15, 0.2) is 22.7 Å². The van der Waals surface area contributed by atoms with Gasteiger partial charge in [-0.3, -0.25) is 0 Å². The number of carboxylic acid groups (broad SMARTS) is 1. The Kier molecular flexibility index (Phi) is 5.90. The van der Waals surface area contributed by atoms with Crippen LogP contribution in [0.3, 0.4) is 0 Å². The molecule has 2 heterocycles. The van der Waals surface area contributed by atoms with Crippen molar-refractivity contribution < 1.29 is 14.4 Å². The molecule has 2 aromatic rings. The van der Waals surface area contributed by atoms with Gasteiger partial charge < -0.3 is 19.4 Å². The lowest BCUT2D eigenvalue weighted by atomic mass is 9.91. The molecule has 1 aliphatic carbocycles. The summed E-state index contributed by atoms with van der Waals surface area (Å²) in [7, 11) is 4.15. The largest absolute Gasteiger partial charge is 0.465 e. The van der Waals surface area contributed by atoms with E-state index in [4.69, 9.17) is 9.63 Å². The summed E-state index contributed by atoms with van der Waals surface area (Å²) in [6.45, 7) is 2.11. The van der Waals surface area contributed by atoms with Gasteiger partial charge in [-0.2, -0.15) is 0 Å². The highest BCUT2D eigenvalue weighted by Crippen LogP contribution is 2.33. The molecule has 1 saturated carbocycles. The van der Waals surface area contributed by atoms with Crippen LogP contribution in [0.1, 0.15) is 48.9 Å². The van der Waals surface area contributed by atoms with Gasteiger partial charge in [-0.1, -0.05) is 23.4 Å². The third-order valence-corrected chi connectivity index (χ3v) is 6.17. The molecule has 156 valence electrons. The number of likely N-dealkylation sites (tertiary alicyclic amines) is 1. The molecule has 6 nitrogen and oxygen atoms in total. The zero-order chi connectivity index (χ0) is 20.4. The van der Waals surface area contributed by atoms with Crippen molar-refractivity contribution in [3.63, 3.8) is 0 Å². The first-order chi connectivity index (χ1) is 14.0. The molecule has 29 heavy (non-hydrogen) atoms. The van der Waals surface area contributed by atoms with E-state index in [0.717, 1.165) is 54.8 Å². The normalized spacial score (nSPS) is 18.4. The van der Waals surface area contributed by atoms with Gasteiger partial charge in [0, 0.05) is 30.6 Å². The molecule has 0 unspecified atom stereocenters. The van der Waals surface area contributed by atoms with Gasteiger partial charge >= 0.3 is 6.09 Å². The summed E-state index contributed by atoms with van der Waals surface area (Å²) in [6, 6.07) is 4.35. The minimum Gasteiger partial charge on any atom is -0.465 e. The number of amides is 1. The van der Waals surface area contributed by atoms with E-state index in [9.17, 15) is 4.79 Å². The minimum absolute atomic E-state index is 0.555. The second kappa shape index (κ2) is 8.57. The van der Waals surface area contributed by atoms with E-state index in [1.165, 1.54) is 28.9 Å². The summed E-state index contributed by atoms with van der Waals surface area (Å²) >= 11 is 0. The Labute approximate surface area is 172 Å². The Bertz CT molecular complexity index is 890. The van der Waals surface area contributed by atoms with E-state index in [1.54, 1.807) is 0 Å². The second-order valence-electron chi connectivity index (χ2n) is 8.83. The number of piperidine rings is 1. The lowest BCUT2D eigenvalue weighted by Crippen LogP contribution is -2.37. The smallest absolute Gasteiger partial charge is 0.407 e. The average molecular weight is 398 g/mol. The first-order valence-electron chi connectivity index (χ1n) is 10.7. The molecule has 0 radical (unpaired) electrons. The van der Waals surface area contributed by atoms with Crippen LogP contribution < -0.4 is 0 Å². The highest BCUT2D eigenvalue weighted by Gasteiger charge is 2.23. The number of allylic oxidation sites excluding steroid dienone is 1. The molecule has 1 N–H and O–H groups in total. The van der Waals surface area contributed by atoms with Crippen LogP contribution in [-0.2, 0) is 13.0 Å². The summed E-state index contributed by atoms with van der Waals surface area (Å²) < 4.78 is 5.84. The zero-order valence-corrected chi connectivity index (χ0v) is 17.4. The third kappa shape index (κ3) is 4.81. The SMILES string of the molecule is CN(C)Cc1c(C=CC2CC2)ccc2c(CCC3CCN(C(=O)O)CC3)noc12. The first-order valence-corrected chi connectivity index (χ1v) is 10.7. The van der Waals surface area contributed by atoms with Gasteiger partial charge in [-0.25, -0.2) is 4.79 Å². The lowest BCUT2D eigenvalue weighted by molar-refractivity contribution is 0.123. The lowest BCUT2D eigenvalue weighted by Gasteiger charge is -2.29. The summed E-state index contributed by atoms with van der Waals surface area (Å²) in [4.78, 5) is 14.8. The van der Waals surface area contributed by atoms with Gasteiger partial charge in [-0.15, -0.1) is 0 Å². The summed E-state index contributed by atoms with van der Waals surface area (Å²) in [6.07, 6.45) is 10.2. The molecular formula is C23H31N3O3. The number of nitrogens with zero attached hydrogens (tertiary/aromatic N) is 3. The monoisotopic (exact) mass is 397 g/mol. The van der Waals surface area contributed by atoms with Gasteiger partial charge in [0.2, 0.25) is 0 Å². The third-order valence-electron chi connectivity index (χ3n) is 6.17. The number of hydrogen-bond acceptors (Lipinski definition) is 4. The number of rotatable bonds is 7. The van der Waals surface area contributed by atoms with Crippen molar-refractivity contribution in [2.45, 2.75) is 45.1 Å². The number of aromatic nitrogens is 1. The van der Waals surface area contributed by atoms with E-state index < -0.39 is 6.09 Å². The van der Waals surface area contributed by atoms with E-state index in [1.807, 2.05) is 0 Å². The van der Waals surface area contributed by atoms with Crippen molar-refractivity contribution in [2.75, 3.05) is 27.2 Å². The highest BCUT2D eigenvalue weighted by atomic mass is 16.5.